The number of aromatic nitrogens is 1. The van der Waals surface area contributed by atoms with Crippen LogP contribution in [0.4, 0.5) is 0 Å². The first-order chi connectivity index (χ1) is 6.74. The number of pyridine rings is 1. The molecule has 0 radical (unpaired) electrons. The van der Waals surface area contributed by atoms with Crippen LogP contribution in [0.15, 0.2) is 18.3 Å². The Hall–Kier alpha value is -0.930. The third-order valence-electron chi connectivity index (χ3n) is 2.21. The Balaban J connectivity index is 2.47. The van der Waals surface area contributed by atoms with Crippen LogP contribution in [0, 0.1) is 6.92 Å². The second-order valence-corrected chi connectivity index (χ2v) is 3.47. The maximum atomic E-state index is 6.02. The maximum absolute atomic E-state index is 6.02. The van der Waals surface area contributed by atoms with Crippen LogP contribution in [0.1, 0.15) is 30.1 Å². The molecule has 2 N–H and O–H groups in total. The van der Waals surface area contributed by atoms with Crippen LogP contribution in [-0.4, -0.2) is 18.7 Å². The van der Waals surface area contributed by atoms with E-state index in [1.165, 1.54) is 0 Å². The van der Waals surface area contributed by atoms with E-state index in [2.05, 4.69) is 4.98 Å². The molecule has 0 aromatic carbocycles. The molecule has 1 unspecified atom stereocenters. The van der Waals surface area contributed by atoms with Gasteiger partial charge in [0, 0.05) is 31.6 Å². The lowest BCUT2D eigenvalue weighted by Crippen LogP contribution is -2.11. The molecule has 0 bridgehead atoms. The average molecular weight is 194 g/mol. The molecule has 1 aromatic heterocycles. The molecule has 1 rings (SSSR count). The summed E-state index contributed by atoms with van der Waals surface area (Å²) in [5.41, 5.74) is 8.20. The number of nitrogens with zero attached hydrogens (tertiary/aromatic N) is 1. The smallest absolute Gasteiger partial charge is 0.0462 e. The van der Waals surface area contributed by atoms with Crippen molar-refractivity contribution in [1.82, 2.24) is 4.98 Å². The summed E-state index contributed by atoms with van der Waals surface area (Å²) in [5.74, 6) is 0. The molecule has 0 aliphatic heterocycles. The molecule has 78 valence electrons. The van der Waals surface area contributed by atoms with E-state index in [9.17, 15) is 0 Å². The lowest BCUT2D eigenvalue weighted by atomic mass is 10.0. The molecule has 0 saturated heterocycles. The lowest BCUT2D eigenvalue weighted by molar-refractivity contribution is 0.190. The zero-order chi connectivity index (χ0) is 10.4. The molecule has 0 amide bonds. The second kappa shape index (κ2) is 5.73. The number of hydrogen-bond acceptors (Lipinski definition) is 3. The molecule has 0 aliphatic rings. The minimum Gasteiger partial charge on any atom is -0.385 e. The highest BCUT2D eigenvalue weighted by atomic mass is 16.5. The summed E-state index contributed by atoms with van der Waals surface area (Å²) in [6, 6.07) is 4.12. The monoisotopic (exact) mass is 194 g/mol. The molecule has 14 heavy (non-hydrogen) atoms. The third kappa shape index (κ3) is 3.44. The SMILES string of the molecule is COCCCC(N)c1ccnc(C)c1. The number of nitrogens with two attached hydrogens (primary N) is 1. The molecule has 0 saturated carbocycles. The van der Waals surface area contributed by atoms with Crippen molar-refractivity contribution in [2.75, 3.05) is 13.7 Å². The van der Waals surface area contributed by atoms with Crippen molar-refractivity contribution in [3.05, 3.63) is 29.6 Å². The van der Waals surface area contributed by atoms with E-state index in [0.29, 0.717) is 0 Å². The van der Waals surface area contributed by atoms with Crippen LogP contribution < -0.4 is 5.73 Å². The topological polar surface area (TPSA) is 48.1 Å². The van der Waals surface area contributed by atoms with Crippen LogP contribution in [-0.2, 0) is 4.74 Å². The highest BCUT2D eigenvalue weighted by molar-refractivity contribution is 5.18. The van der Waals surface area contributed by atoms with Gasteiger partial charge in [-0.15, -0.1) is 0 Å². The Labute approximate surface area is 85.3 Å². The average Bonchev–Trinajstić information content (AvgIpc) is 2.18. The summed E-state index contributed by atoms with van der Waals surface area (Å²) in [7, 11) is 1.71. The standard InChI is InChI=1S/C11H18N2O/c1-9-8-10(5-6-13-9)11(12)4-3-7-14-2/h5-6,8,11H,3-4,7,12H2,1-2H3. The quantitative estimate of drug-likeness (QED) is 0.727. The molecular weight excluding hydrogens is 176 g/mol. The molecule has 0 aliphatic carbocycles. The van der Waals surface area contributed by atoms with E-state index in [-0.39, 0.29) is 6.04 Å². The number of hydrogen-bond donors (Lipinski definition) is 1. The van der Waals surface area contributed by atoms with Gasteiger partial charge in [0.15, 0.2) is 0 Å². The summed E-state index contributed by atoms with van der Waals surface area (Å²) in [5, 5.41) is 0. The predicted octanol–water partition coefficient (Wildman–Crippen LogP) is 1.82. The first-order valence-corrected chi connectivity index (χ1v) is 4.91. The van der Waals surface area contributed by atoms with Gasteiger partial charge in [0.2, 0.25) is 0 Å². The van der Waals surface area contributed by atoms with E-state index >= 15 is 0 Å². The van der Waals surface area contributed by atoms with Gasteiger partial charge in [-0.3, -0.25) is 4.98 Å². The summed E-state index contributed by atoms with van der Waals surface area (Å²) in [6.07, 6.45) is 3.76. The largest absolute Gasteiger partial charge is 0.385 e. The van der Waals surface area contributed by atoms with E-state index in [1.807, 2.05) is 19.1 Å². The summed E-state index contributed by atoms with van der Waals surface area (Å²) in [6.45, 7) is 2.75. The summed E-state index contributed by atoms with van der Waals surface area (Å²) in [4.78, 5) is 4.14. The van der Waals surface area contributed by atoms with E-state index in [0.717, 1.165) is 30.7 Å². The Morgan fingerprint density at radius 1 is 1.57 bits per heavy atom. The van der Waals surface area contributed by atoms with Crippen molar-refractivity contribution in [3.8, 4) is 0 Å². The van der Waals surface area contributed by atoms with Gasteiger partial charge in [0.05, 0.1) is 0 Å². The molecular formula is C11H18N2O. The highest BCUT2D eigenvalue weighted by Crippen LogP contribution is 2.15. The first kappa shape index (κ1) is 11.1. The van der Waals surface area contributed by atoms with Gasteiger partial charge in [0.1, 0.15) is 0 Å². The summed E-state index contributed by atoms with van der Waals surface area (Å²) < 4.78 is 4.98. The molecule has 0 fully saturated rings. The fourth-order valence-electron chi connectivity index (χ4n) is 1.41. The minimum atomic E-state index is 0.104. The zero-order valence-corrected chi connectivity index (χ0v) is 8.86. The Kier molecular flexibility index (Phi) is 4.56. The van der Waals surface area contributed by atoms with E-state index < -0.39 is 0 Å². The van der Waals surface area contributed by atoms with Crippen LogP contribution in [0.25, 0.3) is 0 Å². The second-order valence-electron chi connectivity index (χ2n) is 3.47. The number of methoxy groups -OCH3 is 1. The first-order valence-electron chi connectivity index (χ1n) is 4.91. The lowest BCUT2D eigenvalue weighted by Gasteiger charge is -2.11. The van der Waals surface area contributed by atoms with E-state index in [4.69, 9.17) is 10.5 Å². The number of ether oxygens (including phenoxy) is 1. The van der Waals surface area contributed by atoms with Gasteiger partial charge in [-0.05, 0) is 37.5 Å². The van der Waals surface area contributed by atoms with Gasteiger partial charge < -0.3 is 10.5 Å². The molecule has 1 aromatic rings. The molecule has 1 atom stereocenters. The number of rotatable bonds is 5. The van der Waals surface area contributed by atoms with Crippen LogP contribution in [0.3, 0.4) is 0 Å². The predicted molar refractivity (Wildman–Crippen MR) is 57.0 cm³/mol. The Bertz CT molecular complexity index is 276. The van der Waals surface area contributed by atoms with Crippen molar-refractivity contribution in [2.24, 2.45) is 5.73 Å². The highest BCUT2D eigenvalue weighted by Gasteiger charge is 2.05. The zero-order valence-electron chi connectivity index (χ0n) is 8.86. The van der Waals surface area contributed by atoms with Crippen molar-refractivity contribution >= 4 is 0 Å². The number of aryl methyl sites for hydroxylation is 1. The normalized spacial score (nSPS) is 12.8. The van der Waals surface area contributed by atoms with Crippen LogP contribution >= 0.6 is 0 Å². The third-order valence-corrected chi connectivity index (χ3v) is 2.21. The fourth-order valence-corrected chi connectivity index (χ4v) is 1.41. The van der Waals surface area contributed by atoms with Crippen molar-refractivity contribution in [3.63, 3.8) is 0 Å². The van der Waals surface area contributed by atoms with Crippen molar-refractivity contribution in [1.29, 1.82) is 0 Å². The maximum Gasteiger partial charge on any atom is 0.0462 e. The van der Waals surface area contributed by atoms with Crippen LogP contribution in [0.2, 0.25) is 0 Å². The Morgan fingerprint density at radius 3 is 3.00 bits per heavy atom. The minimum absolute atomic E-state index is 0.104. The summed E-state index contributed by atoms with van der Waals surface area (Å²) >= 11 is 0. The van der Waals surface area contributed by atoms with Crippen molar-refractivity contribution < 1.29 is 4.74 Å². The van der Waals surface area contributed by atoms with Crippen LogP contribution in [0.5, 0.6) is 0 Å². The molecule has 3 heteroatoms. The molecule has 1 heterocycles. The van der Waals surface area contributed by atoms with Gasteiger partial charge in [0.25, 0.3) is 0 Å². The van der Waals surface area contributed by atoms with E-state index in [1.54, 1.807) is 13.3 Å². The van der Waals surface area contributed by atoms with Crippen molar-refractivity contribution in [2.45, 2.75) is 25.8 Å². The van der Waals surface area contributed by atoms with Gasteiger partial charge in [-0.25, -0.2) is 0 Å². The van der Waals surface area contributed by atoms with Gasteiger partial charge in [-0.2, -0.15) is 0 Å². The molecule has 3 nitrogen and oxygen atoms in total. The molecule has 0 spiro atoms. The fraction of sp³-hybridized carbons (Fsp3) is 0.545. The Morgan fingerprint density at radius 2 is 2.36 bits per heavy atom. The van der Waals surface area contributed by atoms with Gasteiger partial charge in [-0.1, -0.05) is 0 Å². The van der Waals surface area contributed by atoms with Gasteiger partial charge >= 0.3 is 0 Å².